The Bertz CT molecular complexity index is 745. The van der Waals surface area contributed by atoms with Crippen LogP contribution in [0.5, 0.6) is 0 Å². The van der Waals surface area contributed by atoms with Gasteiger partial charge in [0.2, 0.25) is 5.91 Å². The van der Waals surface area contributed by atoms with Gasteiger partial charge in [-0.1, -0.05) is 29.8 Å². The standard InChI is InChI=1S/C18H18ClF3N2O/c1-12-3-8-16(15(19)9-12)23-17(25)11-24(2)10-13-4-6-14(7-5-13)18(20,21)22/h3-9H,10-11H2,1-2H3,(H,23,25). The molecule has 0 bridgehead atoms. The third kappa shape index (κ3) is 5.76. The fraction of sp³-hybridized carbons (Fsp3) is 0.278. The van der Waals surface area contributed by atoms with Gasteiger partial charge >= 0.3 is 6.18 Å². The highest BCUT2D eigenvalue weighted by Crippen LogP contribution is 2.29. The number of halogens is 4. The number of benzene rings is 2. The van der Waals surface area contributed by atoms with E-state index in [1.807, 2.05) is 13.0 Å². The zero-order chi connectivity index (χ0) is 18.6. The summed E-state index contributed by atoms with van der Waals surface area (Å²) in [6.07, 6.45) is -4.35. The molecule has 134 valence electrons. The van der Waals surface area contributed by atoms with Gasteiger partial charge < -0.3 is 5.32 Å². The molecule has 1 amide bonds. The van der Waals surface area contributed by atoms with Crippen molar-refractivity contribution in [2.45, 2.75) is 19.6 Å². The first-order valence-corrected chi connectivity index (χ1v) is 7.93. The van der Waals surface area contributed by atoms with Crippen molar-refractivity contribution in [1.82, 2.24) is 4.90 Å². The molecule has 0 aliphatic heterocycles. The van der Waals surface area contributed by atoms with Crippen LogP contribution in [0.4, 0.5) is 18.9 Å². The number of hydrogen-bond donors (Lipinski definition) is 1. The number of aryl methyl sites for hydroxylation is 1. The topological polar surface area (TPSA) is 32.3 Å². The van der Waals surface area contributed by atoms with Gasteiger partial charge in [0.05, 0.1) is 22.8 Å². The van der Waals surface area contributed by atoms with Crippen molar-refractivity contribution in [2.75, 3.05) is 18.9 Å². The first kappa shape index (κ1) is 19.3. The van der Waals surface area contributed by atoms with E-state index < -0.39 is 11.7 Å². The third-order valence-corrected chi connectivity index (χ3v) is 3.86. The Labute approximate surface area is 149 Å². The number of nitrogens with one attached hydrogen (secondary N) is 1. The minimum absolute atomic E-state index is 0.0885. The summed E-state index contributed by atoms with van der Waals surface area (Å²) in [5, 5.41) is 3.18. The van der Waals surface area contributed by atoms with E-state index in [0.29, 0.717) is 22.8 Å². The van der Waals surface area contributed by atoms with E-state index >= 15 is 0 Å². The van der Waals surface area contributed by atoms with Crippen molar-refractivity contribution in [3.05, 3.63) is 64.2 Å². The predicted molar refractivity (Wildman–Crippen MR) is 92.6 cm³/mol. The van der Waals surface area contributed by atoms with Crippen LogP contribution in [0.3, 0.4) is 0 Å². The quantitative estimate of drug-likeness (QED) is 0.824. The molecule has 2 aromatic carbocycles. The molecule has 0 aromatic heterocycles. The second-order valence-electron chi connectivity index (χ2n) is 5.90. The SMILES string of the molecule is Cc1ccc(NC(=O)CN(C)Cc2ccc(C(F)(F)F)cc2)c(Cl)c1. The number of carbonyl (C=O) groups is 1. The molecular weight excluding hydrogens is 353 g/mol. The molecule has 1 N–H and O–H groups in total. The fourth-order valence-electron chi connectivity index (χ4n) is 2.32. The first-order chi connectivity index (χ1) is 11.6. The lowest BCUT2D eigenvalue weighted by Gasteiger charge is -2.17. The highest BCUT2D eigenvalue weighted by atomic mass is 35.5. The van der Waals surface area contributed by atoms with E-state index in [1.54, 1.807) is 24.1 Å². The summed E-state index contributed by atoms with van der Waals surface area (Å²) in [6.45, 7) is 2.34. The number of carbonyl (C=O) groups excluding carboxylic acids is 1. The Kier molecular flexibility index (Phi) is 6.08. The summed E-state index contributed by atoms with van der Waals surface area (Å²) >= 11 is 6.07. The summed E-state index contributed by atoms with van der Waals surface area (Å²) in [6, 6.07) is 10.2. The van der Waals surface area contributed by atoms with Gasteiger partial charge in [0.15, 0.2) is 0 Å². The minimum atomic E-state index is -4.35. The van der Waals surface area contributed by atoms with Crippen LogP contribution in [-0.2, 0) is 17.5 Å². The van der Waals surface area contributed by atoms with Crippen molar-refractivity contribution in [3.8, 4) is 0 Å². The summed E-state index contributed by atoms with van der Waals surface area (Å²) < 4.78 is 37.6. The summed E-state index contributed by atoms with van der Waals surface area (Å²) in [4.78, 5) is 13.8. The van der Waals surface area contributed by atoms with E-state index in [1.165, 1.54) is 12.1 Å². The van der Waals surface area contributed by atoms with Crippen LogP contribution in [0.25, 0.3) is 0 Å². The van der Waals surface area contributed by atoms with Gasteiger partial charge in [-0.3, -0.25) is 9.69 Å². The normalized spacial score (nSPS) is 11.6. The molecule has 0 saturated heterocycles. The van der Waals surface area contributed by atoms with Crippen LogP contribution in [0.2, 0.25) is 5.02 Å². The van der Waals surface area contributed by atoms with Gasteiger partial charge in [0.1, 0.15) is 0 Å². The lowest BCUT2D eigenvalue weighted by molar-refractivity contribution is -0.137. The molecule has 0 heterocycles. The van der Waals surface area contributed by atoms with Crippen LogP contribution < -0.4 is 5.32 Å². The van der Waals surface area contributed by atoms with E-state index in [-0.39, 0.29) is 12.5 Å². The highest BCUT2D eigenvalue weighted by molar-refractivity contribution is 6.33. The van der Waals surface area contributed by atoms with Gasteiger partial charge in [-0.25, -0.2) is 0 Å². The van der Waals surface area contributed by atoms with Crippen molar-refractivity contribution in [3.63, 3.8) is 0 Å². The largest absolute Gasteiger partial charge is 0.416 e. The second-order valence-corrected chi connectivity index (χ2v) is 6.31. The molecule has 0 radical (unpaired) electrons. The molecule has 0 spiro atoms. The Morgan fingerprint density at radius 3 is 2.36 bits per heavy atom. The molecule has 0 saturated carbocycles. The average molecular weight is 371 g/mol. The zero-order valence-electron chi connectivity index (χ0n) is 13.8. The number of nitrogens with zero attached hydrogens (tertiary/aromatic N) is 1. The van der Waals surface area contributed by atoms with Gasteiger partial charge in [-0.2, -0.15) is 13.2 Å². The Morgan fingerprint density at radius 1 is 1.16 bits per heavy atom. The maximum absolute atomic E-state index is 12.5. The molecule has 25 heavy (non-hydrogen) atoms. The van der Waals surface area contributed by atoms with Crippen molar-refractivity contribution < 1.29 is 18.0 Å². The summed E-state index contributed by atoms with van der Waals surface area (Å²) in [5.41, 5.74) is 1.52. The monoisotopic (exact) mass is 370 g/mol. The maximum atomic E-state index is 12.5. The zero-order valence-corrected chi connectivity index (χ0v) is 14.6. The van der Waals surface area contributed by atoms with E-state index in [0.717, 1.165) is 17.7 Å². The summed E-state index contributed by atoms with van der Waals surface area (Å²) in [5.74, 6) is -0.250. The molecule has 3 nitrogen and oxygen atoms in total. The molecule has 0 aliphatic rings. The Hall–Kier alpha value is -2.05. The molecule has 2 rings (SSSR count). The lowest BCUT2D eigenvalue weighted by Crippen LogP contribution is -2.29. The number of likely N-dealkylation sites (N-methyl/N-ethyl adjacent to an activating group) is 1. The minimum Gasteiger partial charge on any atom is -0.324 e. The lowest BCUT2D eigenvalue weighted by atomic mass is 10.1. The van der Waals surface area contributed by atoms with Crippen molar-refractivity contribution >= 4 is 23.2 Å². The van der Waals surface area contributed by atoms with Gasteiger partial charge in [-0.05, 0) is 49.4 Å². The van der Waals surface area contributed by atoms with Crippen molar-refractivity contribution in [1.29, 1.82) is 0 Å². The fourth-order valence-corrected chi connectivity index (χ4v) is 2.61. The van der Waals surface area contributed by atoms with Crippen LogP contribution in [-0.4, -0.2) is 24.4 Å². The summed E-state index contributed by atoms with van der Waals surface area (Å²) in [7, 11) is 1.72. The number of anilines is 1. The van der Waals surface area contributed by atoms with Gasteiger partial charge in [0, 0.05) is 6.54 Å². The van der Waals surface area contributed by atoms with E-state index in [2.05, 4.69) is 5.32 Å². The molecule has 0 atom stereocenters. The van der Waals surface area contributed by atoms with Crippen LogP contribution in [0.15, 0.2) is 42.5 Å². The van der Waals surface area contributed by atoms with E-state index in [4.69, 9.17) is 11.6 Å². The highest BCUT2D eigenvalue weighted by Gasteiger charge is 2.29. The smallest absolute Gasteiger partial charge is 0.324 e. The second kappa shape index (κ2) is 7.89. The van der Waals surface area contributed by atoms with Crippen molar-refractivity contribution in [2.24, 2.45) is 0 Å². The maximum Gasteiger partial charge on any atom is 0.416 e. The molecule has 0 unspecified atom stereocenters. The average Bonchev–Trinajstić information content (AvgIpc) is 2.49. The van der Waals surface area contributed by atoms with Gasteiger partial charge in [0.25, 0.3) is 0 Å². The number of amides is 1. The van der Waals surface area contributed by atoms with E-state index in [9.17, 15) is 18.0 Å². The number of alkyl halides is 3. The van der Waals surface area contributed by atoms with Crippen LogP contribution in [0, 0.1) is 6.92 Å². The molecular formula is C18H18ClF3N2O. The molecule has 2 aromatic rings. The molecule has 0 fully saturated rings. The number of rotatable bonds is 5. The Balaban J connectivity index is 1.91. The van der Waals surface area contributed by atoms with Crippen LogP contribution >= 0.6 is 11.6 Å². The van der Waals surface area contributed by atoms with Crippen LogP contribution in [0.1, 0.15) is 16.7 Å². The first-order valence-electron chi connectivity index (χ1n) is 7.56. The molecule has 0 aliphatic carbocycles. The third-order valence-electron chi connectivity index (χ3n) is 3.55. The van der Waals surface area contributed by atoms with Gasteiger partial charge in [-0.15, -0.1) is 0 Å². The predicted octanol–water partition coefficient (Wildman–Crippen LogP) is 4.74. The Morgan fingerprint density at radius 2 is 1.80 bits per heavy atom. The molecule has 7 heteroatoms. The number of hydrogen-bond acceptors (Lipinski definition) is 2.